The Morgan fingerprint density at radius 3 is 2.11 bits per heavy atom. The fourth-order valence-corrected chi connectivity index (χ4v) is 4.10. The van der Waals surface area contributed by atoms with Crippen LogP contribution in [0, 0.1) is 0 Å². The molecule has 3 aromatic carbocycles. The Hall–Kier alpha value is -4.26. The van der Waals surface area contributed by atoms with Crippen molar-refractivity contribution in [1.82, 2.24) is 15.1 Å². The van der Waals surface area contributed by atoms with Gasteiger partial charge in [-0.05, 0) is 29.7 Å². The Kier molecular flexibility index (Phi) is 8.24. The first kappa shape index (κ1) is 24.9. The largest absolute Gasteiger partial charge is 0.493 e. The first-order chi connectivity index (χ1) is 17.6. The molecule has 0 aliphatic carbocycles. The van der Waals surface area contributed by atoms with Crippen LogP contribution >= 0.6 is 0 Å². The zero-order valence-electron chi connectivity index (χ0n) is 20.9. The molecule has 0 radical (unpaired) electrons. The number of benzene rings is 3. The van der Waals surface area contributed by atoms with Gasteiger partial charge >= 0.3 is 0 Å². The topological polar surface area (TPSA) is 74.6 Å². The minimum absolute atomic E-state index is 0.0430. The summed E-state index contributed by atoms with van der Waals surface area (Å²) < 4.78 is 18.1. The van der Waals surface area contributed by atoms with Crippen molar-refractivity contribution >= 4 is 5.91 Å². The molecule has 0 unspecified atom stereocenters. The molecule has 1 heterocycles. The second kappa shape index (κ2) is 11.9. The van der Waals surface area contributed by atoms with E-state index in [1.807, 2.05) is 71.5 Å². The Morgan fingerprint density at radius 1 is 0.861 bits per heavy atom. The van der Waals surface area contributed by atoms with E-state index in [9.17, 15) is 4.79 Å². The number of nitrogens with zero attached hydrogens (tertiary/aromatic N) is 2. The summed E-state index contributed by atoms with van der Waals surface area (Å²) in [6, 6.07) is 24.0. The van der Waals surface area contributed by atoms with Gasteiger partial charge in [0.05, 0.1) is 33.6 Å². The van der Waals surface area contributed by atoms with Gasteiger partial charge in [-0.25, -0.2) is 0 Å². The molecule has 7 heteroatoms. The van der Waals surface area contributed by atoms with Crippen LogP contribution in [0.15, 0.2) is 79.0 Å². The first-order valence-electron chi connectivity index (χ1n) is 11.8. The van der Waals surface area contributed by atoms with Crippen molar-refractivity contribution in [1.29, 1.82) is 0 Å². The lowest BCUT2D eigenvalue weighted by atomic mass is 10.1. The van der Waals surface area contributed by atoms with Crippen LogP contribution < -0.4 is 19.5 Å². The second-order valence-electron chi connectivity index (χ2n) is 8.36. The molecule has 1 N–H and O–H groups in total. The molecule has 4 aromatic rings. The van der Waals surface area contributed by atoms with Crippen LogP contribution in [-0.4, -0.2) is 37.0 Å². The van der Waals surface area contributed by atoms with E-state index in [4.69, 9.17) is 19.3 Å². The van der Waals surface area contributed by atoms with E-state index >= 15 is 0 Å². The summed E-state index contributed by atoms with van der Waals surface area (Å²) >= 11 is 0. The average molecular weight is 486 g/mol. The summed E-state index contributed by atoms with van der Waals surface area (Å²) in [5.41, 5.74) is 4.96. The molecule has 1 amide bonds. The number of amides is 1. The Bertz CT molecular complexity index is 1260. The summed E-state index contributed by atoms with van der Waals surface area (Å²) in [6.07, 6.45) is 2.88. The third-order valence-electron chi connectivity index (χ3n) is 5.91. The average Bonchev–Trinajstić information content (AvgIpc) is 3.33. The number of carbonyl (C=O) groups is 1. The van der Waals surface area contributed by atoms with E-state index in [0.29, 0.717) is 43.2 Å². The highest BCUT2D eigenvalue weighted by Gasteiger charge is 2.15. The summed E-state index contributed by atoms with van der Waals surface area (Å²) in [4.78, 5) is 12.7. The molecule has 0 saturated heterocycles. The van der Waals surface area contributed by atoms with Gasteiger partial charge in [0.1, 0.15) is 0 Å². The van der Waals surface area contributed by atoms with E-state index in [-0.39, 0.29) is 5.91 Å². The lowest BCUT2D eigenvalue weighted by molar-refractivity contribution is -0.121. The third kappa shape index (κ3) is 6.05. The van der Waals surface area contributed by atoms with Crippen LogP contribution in [0.3, 0.4) is 0 Å². The smallest absolute Gasteiger partial charge is 0.220 e. The van der Waals surface area contributed by atoms with Crippen LogP contribution in [-0.2, 0) is 24.3 Å². The van der Waals surface area contributed by atoms with Crippen molar-refractivity contribution in [2.24, 2.45) is 0 Å². The lowest BCUT2D eigenvalue weighted by Gasteiger charge is -2.14. The Labute approximate surface area is 211 Å². The minimum atomic E-state index is -0.0430. The van der Waals surface area contributed by atoms with E-state index in [0.717, 1.165) is 22.4 Å². The number of methoxy groups -OCH3 is 3. The van der Waals surface area contributed by atoms with Crippen LogP contribution in [0.2, 0.25) is 0 Å². The maximum Gasteiger partial charge on any atom is 0.220 e. The molecule has 186 valence electrons. The predicted octanol–water partition coefficient (Wildman–Crippen LogP) is 4.87. The number of hydrogen-bond acceptors (Lipinski definition) is 5. The van der Waals surface area contributed by atoms with Gasteiger partial charge in [-0.2, -0.15) is 5.10 Å². The van der Waals surface area contributed by atoms with Gasteiger partial charge < -0.3 is 19.5 Å². The molecule has 0 saturated carbocycles. The molecule has 1 aromatic heterocycles. The molecule has 0 aliphatic heterocycles. The monoisotopic (exact) mass is 485 g/mol. The van der Waals surface area contributed by atoms with Crippen molar-refractivity contribution in [3.8, 4) is 28.5 Å². The van der Waals surface area contributed by atoms with Gasteiger partial charge in [-0.3, -0.25) is 9.48 Å². The standard InChI is InChI=1S/C29H31N3O4/c1-34-25-16-22(17-26(35-2)29(25)36-3)14-15-27(33)30-18-24-20-32(19-21-10-6-4-7-11-21)31-28(24)23-12-8-5-9-13-23/h4-13,16-17,20H,14-15,18-19H2,1-3H3,(H,30,33). The molecule has 0 spiro atoms. The van der Waals surface area contributed by atoms with Gasteiger partial charge in [-0.1, -0.05) is 60.7 Å². The molecule has 4 rings (SSSR count). The molecule has 0 aliphatic rings. The number of aryl methyl sites for hydroxylation is 1. The van der Waals surface area contributed by atoms with Crippen LogP contribution in [0.5, 0.6) is 17.2 Å². The molecular formula is C29H31N3O4. The highest BCUT2D eigenvalue weighted by Crippen LogP contribution is 2.38. The molecule has 0 bridgehead atoms. The molecule has 0 fully saturated rings. The summed E-state index contributed by atoms with van der Waals surface area (Å²) in [7, 11) is 4.73. The van der Waals surface area contributed by atoms with Crippen molar-refractivity contribution in [3.63, 3.8) is 0 Å². The van der Waals surface area contributed by atoms with Crippen molar-refractivity contribution in [3.05, 3.63) is 95.7 Å². The van der Waals surface area contributed by atoms with Crippen molar-refractivity contribution in [2.45, 2.75) is 25.9 Å². The van der Waals surface area contributed by atoms with Crippen LogP contribution in [0.25, 0.3) is 11.3 Å². The maximum absolute atomic E-state index is 12.7. The van der Waals surface area contributed by atoms with Crippen LogP contribution in [0.1, 0.15) is 23.1 Å². The number of rotatable bonds is 11. The van der Waals surface area contributed by atoms with Gasteiger partial charge in [0, 0.05) is 30.3 Å². The van der Waals surface area contributed by atoms with Crippen molar-refractivity contribution < 1.29 is 19.0 Å². The molecule has 0 atom stereocenters. The minimum Gasteiger partial charge on any atom is -0.493 e. The number of ether oxygens (including phenoxy) is 3. The molecular weight excluding hydrogens is 454 g/mol. The van der Waals surface area contributed by atoms with Gasteiger partial charge in [0.2, 0.25) is 11.7 Å². The Balaban J connectivity index is 1.44. The van der Waals surface area contributed by atoms with E-state index < -0.39 is 0 Å². The number of hydrogen-bond donors (Lipinski definition) is 1. The molecule has 36 heavy (non-hydrogen) atoms. The fraction of sp³-hybridized carbons (Fsp3) is 0.241. The summed E-state index contributed by atoms with van der Waals surface area (Å²) in [5, 5.41) is 7.88. The third-order valence-corrected chi connectivity index (χ3v) is 5.91. The van der Waals surface area contributed by atoms with Crippen LogP contribution in [0.4, 0.5) is 0 Å². The van der Waals surface area contributed by atoms with E-state index in [2.05, 4.69) is 17.4 Å². The number of nitrogens with one attached hydrogen (secondary N) is 1. The fourth-order valence-electron chi connectivity index (χ4n) is 4.10. The highest BCUT2D eigenvalue weighted by molar-refractivity contribution is 5.76. The number of carbonyl (C=O) groups excluding carboxylic acids is 1. The second-order valence-corrected chi connectivity index (χ2v) is 8.36. The van der Waals surface area contributed by atoms with Crippen molar-refractivity contribution in [2.75, 3.05) is 21.3 Å². The van der Waals surface area contributed by atoms with Gasteiger partial charge in [0.25, 0.3) is 0 Å². The molecule has 7 nitrogen and oxygen atoms in total. The quantitative estimate of drug-likeness (QED) is 0.328. The highest BCUT2D eigenvalue weighted by atomic mass is 16.5. The van der Waals surface area contributed by atoms with Gasteiger partial charge in [0.15, 0.2) is 11.5 Å². The first-order valence-corrected chi connectivity index (χ1v) is 11.8. The van der Waals surface area contributed by atoms with E-state index in [1.165, 1.54) is 5.56 Å². The summed E-state index contributed by atoms with van der Waals surface area (Å²) in [5.74, 6) is 1.64. The SMILES string of the molecule is COc1cc(CCC(=O)NCc2cn(Cc3ccccc3)nc2-c2ccccc2)cc(OC)c1OC. The zero-order valence-corrected chi connectivity index (χ0v) is 20.9. The normalized spacial score (nSPS) is 10.6. The number of aromatic nitrogens is 2. The maximum atomic E-state index is 12.7. The van der Waals surface area contributed by atoms with E-state index in [1.54, 1.807) is 21.3 Å². The Morgan fingerprint density at radius 2 is 1.50 bits per heavy atom. The zero-order chi connectivity index (χ0) is 25.3. The lowest BCUT2D eigenvalue weighted by Crippen LogP contribution is -2.23. The van der Waals surface area contributed by atoms with Gasteiger partial charge in [-0.15, -0.1) is 0 Å². The summed E-state index contributed by atoms with van der Waals surface area (Å²) in [6.45, 7) is 1.06. The predicted molar refractivity (Wildman–Crippen MR) is 139 cm³/mol.